The van der Waals surface area contributed by atoms with Crippen LogP contribution in [0.4, 0.5) is 5.69 Å². The Morgan fingerprint density at radius 3 is 2.91 bits per heavy atom. The van der Waals surface area contributed by atoms with E-state index in [-0.39, 0.29) is 18.4 Å². The Bertz CT molecular complexity index is 789. The number of para-hydroxylation sites is 1. The van der Waals surface area contributed by atoms with E-state index in [1.54, 1.807) is 18.2 Å². The molecule has 6 heteroatoms. The van der Waals surface area contributed by atoms with Gasteiger partial charge in [0.05, 0.1) is 12.6 Å². The van der Waals surface area contributed by atoms with Gasteiger partial charge in [0.15, 0.2) is 0 Å². The van der Waals surface area contributed by atoms with E-state index in [2.05, 4.69) is 10.5 Å². The van der Waals surface area contributed by atoms with Crippen molar-refractivity contribution in [2.24, 2.45) is 5.10 Å². The van der Waals surface area contributed by atoms with Crippen LogP contribution in [0, 0.1) is 0 Å². The molecule has 0 fully saturated rings. The summed E-state index contributed by atoms with van der Waals surface area (Å²) in [4.78, 5) is 25.4. The predicted octanol–water partition coefficient (Wildman–Crippen LogP) is 2.38. The fourth-order valence-corrected chi connectivity index (χ4v) is 2.63. The van der Waals surface area contributed by atoms with E-state index in [0.29, 0.717) is 11.4 Å². The van der Waals surface area contributed by atoms with Gasteiger partial charge in [-0.15, -0.1) is 0 Å². The van der Waals surface area contributed by atoms with Crippen molar-refractivity contribution in [3.05, 3.63) is 64.7 Å². The van der Waals surface area contributed by atoms with E-state index >= 15 is 0 Å². The number of carbonyl (C=O) groups excluding carboxylic acids is 2. The summed E-state index contributed by atoms with van der Waals surface area (Å²) >= 11 is 5.87. The third kappa shape index (κ3) is 3.57. The van der Waals surface area contributed by atoms with E-state index in [4.69, 9.17) is 11.6 Å². The van der Waals surface area contributed by atoms with Gasteiger partial charge in [-0.2, -0.15) is 5.10 Å². The Kier molecular flexibility index (Phi) is 4.39. The molecule has 0 saturated carbocycles. The maximum absolute atomic E-state index is 12.0. The van der Waals surface area contributed by atoms with Gasteiger partial charge < -0.3 is 4.90 Å². The molecular weight excluding hydrogens is 314 g/mol. The Hall–Kier alpha value is -2.66. The number of benzene rings is 2. The van der Waals surface area contributed by atoms with Gasteiger partial charge >= 0.3 is 0 Å². The maximum atomic E-state index is 12.0. The smallest absolute Gasteiger partial charge is 0.260 e. The molecule has 0 spiro atoms. The van der Waals surface area contributed by atoms with Crippen LogP contribution in [0.5, 0.6) is 0 Å². The fraction of sp³-hybridized carbons (Fsp3) is 0.118. The molecule has 1 aliphatic rings. The zero-order chi connectivity index (χ0) is 16.2. The lowest BCUT2D eigenvalue weighted by Crippen LogP contribution is -2.37. The summed E-state index contributed by atoms with van der Waals surface area (Å²) in [6.45, 7) is -0.0528. The Morgan fingerprint density at radius 2 is 2.09 bits per heavy atom. The first-order valence-corrected chi connectivity index (χ1v) is 7.47. The van der Waals surface area contributed by atoms with Crippen molar-refractivity contribution in [2.75, 3.05) is 11.4 Å². The van der Waals surface area contributed by atoms with Crippen LogP contribution in [-0.4, -0.2) is 24.6 Å². The minimum Gasteiger partial charge on any atom is -0.302 e. The number of nitrogens with one attached hydrogen (secondary N) is 1. The van der Waals surface area contributed by atoms with E-state index in [9.17, 15) is 9.59 Å². The molecule has 2 aromatic carbocycles. The lowest BCUT2D eigenvalue weighted by atomic mass is 10.2. The number of carbonyl (C=O) groups is 2. The average molecular weight is 328 g/mol. The van der Waals surface area contributed by atoms with Crippen LogP contribution < -0.4 is 10.3 Å². The number of hydrogen-bond acceptors (Lipinski definition) is 3. The summed E-state index contributed by atoms with van der Waals surface area (Å²) in [7, 11) is 0. The normalized spacial score (nSPS) is 13.4. The molecular formula is C17H14ClN3O2. The van der Waals surface area contributed by atoms with Crippen LogP contribution in [0.3, 0.4) is 0 Å². The van der Waals surface area contributed by atoms with Crippen LogP contribution in [-0.2, 0) is 16.0 Å². The van der Waals surface area contributed by atoms with Crippen molar-refractivity contribution in [1.82, 2.24) is 5.43 Å². The van der Waals surface area contributed by atoms with Crippen LogP contribution in [0.2, 0.25) is 5.02 Å². The average Bonchev–Trinajstić information content (AvgIpc) is 2.83. The number of fused-ring (bicyclic) bond motifs is 1. The van der Waals surface area contributed by atoms with Gasteiger partial charge in [0.2, 0.25) is 5.91 Å². The highest BCUT2D eigenvalue weighted by atomic mass is 35.5. The van der Waals surface area contributed by atoms with Gasteiger partial charge in [-0.25, -0.2) is 5.43 Å². The van der Waals surface area contributed by atoms with Gasteiger partial charge in [-0.3, -0.25) is 9.59 Å². The highest BCUT2D eigenvalue weighted by Crippen LogP contribution is 2.27. The van der Waals surface area contributed by atoms with E-state index in [0.717, 1.165) is 16.8 Å². The van der Waals surface area contributed by atoms with Crippen molar-refractivity contribution in [3.8, 4) is 0 Å². The highest BCUT2D eigenvalue weighted by molar-refractivity contribution is 6.30. The summed E-state index contributed by atoms with van der Waals surface area (Å²) in [5, 5.41) is 4.48. The molecule has 1 aliphatic heterocycles. The van der Waals surface area contributed by atoms with Gasteiger partial charge in [-0.05, 0) is 29.3 Å². The Balaban J connectivity index is 1.61. The molecule has 116 valence electrons. The number of amides is 2. The molecule has 0 atom stereocenters. The summed E-state index contributed by atoms with van der Waals surface area (Å²) in [6.07, 6.45) is 1.83. The molecule has 1 N–H and O–H groups in total. The third-order valence-electron chi connectivity index (χ3n) is 3.48. The molecule has 1 heterocycles. The van der Waals surface area contributed by atoms with E-state index < -0.39 is 0 Å². The van der Waals surface area contributed by atoms with Gasteiger partial charge in [-0.1, -0.05) is 41.9 Å². The number of rotatable bonds is 4. The van der Waals surface area contributed by atoms with Gasteiger partial charge in [0, 0.05) is 10.7 Å². The first-order chi connectivity index (χ1) is 11.1. The third-order valence-corrected chi connectivity index (χ3v) is 3.71. The number of anilines is 1. The second-order valence-corrected chi connectivity index (χ2v) is 5.57. The van der Waals surface area contributed by atoms with Crippen molar-refractivity contribution >= 4 is 35.3 Å². The number of hydrazone groups is 1. The molecule has 23 heavy (non-hydrogen) atoms. The number of nitrogens with zero attached hydrogens (tertiary/aromatic N) is 2. The quantitative estimate of drug-likeness (QED) is 0.692. The second-order valence-electron chi connectivity index (χ2n) is 5.13. The minimum absolute atomic E-state index is 0.0528. The molecule has 5 nitrogen and oxygen atoms in total. The summed E-state index contributed by atoms with van der Waals surface area (Å²) in [5.74, 6) is -0.437. The standard InChI is InChI=1S/C17H14ClN3O2/c18-14-6-3-4-12(8-14)10-19-20-16(22)11-21-15-7-2-1-5-13(15)9-17(21)23/h1-8,10H,9,11H2,(H,20,22)/b19-10+. The molecule has 2 aromatic rings. The van der Waals surface area contributed by atoms with Crippen molar-refractivity contribution in [2.45, 2.75) is 6.42 Å². The van der Waals surface area contributed by atoms with Crippen molar-refractivity contribution in [1.29, 1.82) is 0 Å². The van der Waals surface area contributed by atoms with Crippen LogP contribution in [0.15, 0.2) is 53.6 Å². The summed E-state index contributed by atoms with van der Waals surface area (Å²) < 4.78 is 0. The van der Waals surface area contributed by atoms with Gasteiger partial charge in [0.25, 0.3) is 5.91 Å². The van der Waals surface area contributed by atoms with Crippen molar-refractivity contribution < 1.29 is 9.59 Å². The monoisotopic (exact) mass is 327 g/mol. The molecule has 3 rings (SSSR count). The topological polar surface area (TPSA) is 61.8 Å². The molecule has 0 unspecified atom stereocenters. The van der Waals surface area contributed by atoms with E-state index in [1.807, 2.05) is 30.3 Å². The zero-order valence-electron chi connectivity index (χ0n) is 12.2. The first-order valence-electron chi connectivity index (χ1n) is 7.09. The molecule has 0 saturated heterocycles. The van der Waals surface area contributed by atoms with Gasteiger partial charge in [0.1, 0.15) is 6.54 Å². The minimum atomic E-state index is -0.353. The largest absolute Gasteiger partial charge is 0.302 e. The van der Waals surface area contributed by atoms with Crippen LogP contribution in [0.25, 0.3) is 0 Å². The highest BCUT2D eigenvalue weighted by Gasteiger charge is 2.28. The molecule has 0 aromatic heterocycles. The van der Waals surface area contributed by atoms with Crippen molar-refractivity contribution in [3.63, 3.8) is 0 Å². The summed E-state index contributed by atoms with van der Waals surface area (Å²) in [6, 6.07) is 14.6. The lowest BCUT2D eigenvalue weighted by molar-refractivity contribution is -0.123. The first kappa shape index (κ1) is 15.2. The van der Waals surface area contributed by atoms with Crippen LogP contribution >= 0.6 is 11.6 Å². The molecule has 0 aliphatic carbocycles. The predicted molar refractivity (Wildman–Crippen MR) is 89.7 cm³/mol. The van der Waals surface area contributed by atoms with E-state index in [1.165, 1.54) is 11.1 Å². The molecule has 0 radical (unpaired) electrons. The number of hydrogen-bond donors (Lipinski definition) is 1. The lowest BCUT2D eigenvalue weighted by Gasteiger charge is -2.15. The Morgan fingerprint density at radius 1 is 1.26 bits per heavy atom. The van der Waals surface area contributed by atoms with Crippen LogP contribution in [0.1, 0.15) is 11.1 Å². The summed E-state index contributed by atoms with van der Waals surface area (Å²) in [5.41, 5.74) is 4.92. The number of halogens is 1. The SMILES string of the molecule is O=C(CN1C(=O)Cc2ccccc21)N/N=C/c1cccc(Cl)c1. The molecule has 0 bridgehead atoms. The second kappa shape index (κ2) is 6.62. The maximum Gasteiger partial charge on any atom is 0.260 e. The fourth-order valence-electron chi connectivity index (χ4n) is 2.43. The Labute approximate surface area is 138 Å². The molecule has 2 amide bonds. The zero-order valence-corrected chi connectivity index (χ0v) is 13.0.